The lowest BCUT2D eigenvalue weighted by molar-refractivity contribution is -0.145. The molecular weight excluding hydrogens is 393 g/mol. The van der Waals surface area contributed by atoms with Gasteiger partial charge in [-0.1, -0.05) is 29.8 Å². The summed E-state index contributed by atoms with van der Waals surface area (Å²) in [4.78, 5) is 22.8. The Balaban J connectivity index is 1.88. The van der Waals surface area contributed by atoms with Crippen molar-refractivity contribution in [1.82, 2.24) is 9.97 Å². The fourth-order valence-electron chi connectivity index (χ4n) is 3.89. The van der Waals surface area contributed by atoms with Gasteiger partial charge in [-0.15, -0.1) is 0 Å². The van der Waals surface area contributed by atoms with E-state index in [1.165, 1.54) is 19.5 Å². The maximum Gasteiger partial charge on any atom is 0.310 e. The van der Waals surface area contributed by atoms with Crippen LogP contribution in [0.1, 0.15) is 18.4 Å². The van der Waals surface area contributed by atoms with E-state index in [0.717, 1.165) is 36.1 Å². The summed E-state index contributed by atoms with van der Waals surface area (Å²) in [5.74, 6) is -0.253. The van der Waals surface area contributed by atoms with E-state index in [1.54, 1.807) is 6.07 Å². The van der Waals surface area contributed by atoms with Gasteiger partial charge in [-0.3, -0.25) is 4.79 Å². The van der Waals surface area contributed by atoms with E-state index in [0.29, 0.717) is 22.8 Å². The molecule has 1 unspecified atom stereocenters. The number of ether oxygens (including phenoxy) is 1. The Kier molecular flexibility index (Phi) is 5.37. The Morgan fingerprint density at radius 2 is 2.10 bits per heavy atom. The largest absolute Gasteiger partial charge is 0.469 e. The zero-order valence-corrected chi connectivity index (χ0v) is 17.0. The molecule has 1 aromatic heterocycles. The number of hydrogen-bond acceptors (Lipinski definition) is 5. The van der Waals surface area contributed by atoms with Gasteiger partial charge < -0.3 is 9.64 Å². The number of fused-ring (bicyclic) bond motifs is 1. The van der Waals surface area contributed by atoms with Crippen molar-refractivity contribution in [2.45, 2.75) is 19.8 Å². The number of piperidine rings is 1. The zero-order chi connectivity index (χ0) is 20.5. The number of halogens is 2. The highest BCUT2D eigenvalue weighted by Crippen LogP contribution is 2.37. The normalized spacial score (nSPS) is 16.8. The second-order valence-corrected chi connectivity index (χ2v) is 7.70. The minimum atomic E-state index is -0.410. The minimum Gasteiger partial charge on any atom is -0.469 e. The van der Waals surface area contributed by atoms with Gasteiger partial charge in [-0.25, -0.2) is 14.4 Å². The molecule has 4 rings (SSSR count). The summed E-state index contributed by atoms with van der Waals surface area (Å²) in [6.45, 7) is 3.14. The number of hydrogen-bond donors (Lipinski definition) is 0. The van der Waals surface area contributed by atoms with Crippen LogP contribution in [-0.4, -0.2) is 36.1 Å². The summed E-state index contributed by atoms with van der Waals surface area (Å²) >= 11 is 6.34. The fourth-order valence-corrected chi connectivity index (χ4v) is 4.07. The lowest BCUT2D eigenvalue weighted by Crippen LogP contribution is -2.39. The van der Waals surface area contributed by atoms with E-state index >= 15 is 0 Å². The summed E-state index contributed by atoms with van der Waals surface area (Å²) < 4.78 is 19.5. The van der Waals surface area contributed by atoms with Gasteiger partial charge in [0.1, 0.15) is 23.5 Å². The van der Waals surface area contributed by atoms with Crippen molar-refractivity contribution in [1.29, 1.82) is 0 Å². The third kappa shape index (κ3) is 3.65. The molecule has 0 N–H and O–H groups in total. The highest BCUT2D eigenvalue weighted by atomic mass is 35.5. The maximum atomic E-state index is 14.6. The van der Waals surface area contributed by atoms with Crippen LogP contribution in [0.4, 0.5) is 10.2 Å². The van der Waals surface area contributed by atoms with E-state index in [9.17, 15) is 9.18 Å². The molecule has 1 atom stereocenters. The van der Waals surface area contributed by atoms with Crippen LogP contribution >= 0.6 is 11.6 Å². The van der Waals surface area contributed by atoms with Crippen molar-refractivity contribution >= 4 is 34.3 Å². The molecule has 2 aromatic carbocycles. The van der Waals surface area contributed by atoms with E-state index in [4.69, 9.17) is 16.3 Å². The molecule has 1 saturated heterocycles. The number of nitrogens with zero attached hydrogens (tertiary/aromatic N) is 3. The van der Waals surface area contributed by atoms with Crippen molar-refractivity contribution in [3.63, 3.8) is 0 Å². The molecule has 0 bridgehead atoms. The van der Waals surface area contributed by atoms with Crippen LogP contribution in [0.3, 0.4) is 0 Å². The van der Waals surface area contributed by atoms with Gasteiger partial charge in [0.2, 0.25) is 0 Å². The summed E-state index contributed by atoms with van der Waals surface area (Å²) in [6.07, 6.45) is 2.96. The molecule has 0 radical (unpaired) electrons. The Labute approximate surface area is 173 Å². The molecule has 0 spiro atoms. The van der Waals surface area contributed by atoms with E-state index < -0.39 is 5.82 Å². The van der Waals surface area contributed by atoms with E-state index in [2.05, 4.69) is 9.97 Å². The highest BCUT2D eigenvalue weighted by Gasteiger charge is 2.29. The molecule has 5 nitrogen and oxygen atoms in total. The average Bonchev–Trinajstić information content (AvgIpc) is 2.75. The molecule has 1 aliphatic rings. The van der Waals surface area contributed by atoms with Crippen LogP contribution in [0.2, 0.25) is 5.02 Å². The molecular formula is C22H21ClFN3O2. The lowest BCUT2D eigenvalue weighted by Gasteiger charge is -2.33. The molecule has 7 heteroatoms. The van der Waals surface area contributed by atoms with Gasteiger partial charge in [-0.2, -0.15) is 0 Å². The van der Waals surface area contributed by atoms with Crippen LogP contribution in [0.15, 0.2) is 36.7 Å². The first kappa shape index (κ1) is 19.6. The van der Waals surface area contributed by atoms with Crippen LogP contribution in [0.5, 0.6) is 0 Å². The number of benzene rings is 2. The average molecular weight is 414 g/mol. The number of carbonyl (C=O) groups is 1. The predicted octanol–water partition coefficient (Wildman–Crippen LogP) is 4.79. The van der Waals surface area contributed by atoms with Gasteiger partial charge in [0.15, 0.2) is 0 Å². The number of aromatic nitrogens is 2. The second kappa shape index (κ2) is 7.95. The third-order valence-electron chi connectivity index (χ3n) is 5.46. The molecule has 2 heterocycles. The number of carbonyl (C=O) groups excluding carboxylic acids is 1. The van der Waals surface area contributed by atoms with Crippen LogP contribution in [0, 0.1) is 18.7 Å². The van der Waals surface area contributed by atoms with Gasteiger partial charge >= 0.3 is 5.97 Å². The molecule has 0 saturated carbocycles. The molecule has 29 heavy (non-hydrogen) atoms. The number of esters is 1. The van der Waals surface area contributed by atoms with Gasteiger partial charge in [0.05, 0.1) is 18.4 Å². The molecule has 150 valence electrons. The third-order valence-corrected chi connectivity index (χ3v) is 5.86. The first-order valence-electron chi connectivity index (χ1n) is 9.52. The van der Waals surface area contributed by atoms with Crippen molar-refractivity contribution in [3.8, 4) is 11.1 Å². The SMILES string of the molecule is COC(=O)C1CCCN(c2ncnc3c(F)ccc(-c4ccc(C)c(Cl)c4)c23)C1. The van der Waals surface area contributed by atoms with E-state index in [-0.39, 0.29) is 17.4 Å². The predicted molar refractivity (Wildman–Crippen MR) is 112 cm³/mol. The van der Waals surface area contributed by atoms with Gasteiger partial charge in [0.25, 0.3) is 0 Å². The summed E-state index contributed by atoms with van der Waals surface area (Å²) in [5, 5.41) is 1.26. The zero-order valence-electron chi connectivity index (χ0n) is 16.3. The summed E-state index contributed by atoms with van der Waals surface area (Å²) in [5.41, 5.74) is 2.89. The Bertz CT molecular complexity index is 1090. The topological polar surface area (TPSA) is 55.3 Å². The quantitative estimate of drug-likeness (QED) is 0.578. The fraction of sp³-hybridized carbons (Fsp3) is 0.318. The highest BCUT2D eigenvalue weighted by molar-refractivity contribution is 6.31. The standard InChI is InChI=1S/C22H21ClFN3O2/c1-13-5-6-14(10-17(13)23)16-7-8-18(24)20-19(16)21(26-12-25-20)27-9-3-4-15(11-27)22(28)29-2/h5-8,10,12,15H,3-4,9,11H2,1-2H3. The second-order valence-electron chi connectivity index (χ2n) is 7.29. The van der Waals surface area contributed by atoms with Crippen molar-refractivity contribution in [3.05, 3.63) is 53.1 Å². The number of aryl methyl sites for hydroxylation is 1. The smallest absolute Gasteiger partial charge is 0.310 e. The monoisotopic (exact) mass is 413 g/mol. The number of methoxy groups -OCH3 is 1. The molecule has 3 aromatic rings. The maximum absolute atomic E-state index is 14.6. The lowest BCUT2D eigenvalue weighted by atomic mass is 9.96. The van der Waals surface area contributed by atoms with Gasteiger partial charge in [-0.05, 0) is 48.6 Å². The number of anilines is 1. The van der Waals surface area contributed by atoms with Crippen LogP contribution in [0.25, 0.3) is 22.0 Å². The summed E-state index contributed by atoms with van der Waals surface area (Å²) in [7, 11) is 1.40. The number of rotatable bonds is 3. The molecule has 0 aliphatic carbocycles. The minimum absolute atomic E-state index is 0.232. The Hall–Kier alpha value is -2.73. The Morgan fingerprint density at radius 1 is 1.28 bits per heavy atom. The molecule has 0 amide bonds. The van der Waals surface area contributed by atoms with Crippen molar-refractivity contribution < 1.29 is 13.9 Å². The van der Waals surface area contributed by atoms with Crippen molar-refractivity contribution in [2.24, 2.45) is 5.92 Å². The summed E-state index contributed by atoms with van der Waals surface area (Å²) in [6, 6.07) is 8.90. The van der Waals surface area contributed by atoms with Crippen LogP contribution in [-0.2, 0) is 9.53 Å². The van der Waals surface area contributed by atoms with E-state index in [1.807, 2.05) is 30.0 Å². The van der Waals surface area contributed by atoms with Crippen LogP contribution < -0.4 is 4.90 Å². The first-order valence-corrected chi connectivity index (χ1v) is 9.90. The molecule has 1 fully saturated rings. The first-order chi connectivity index (χ1) is 14.0. The van der Waals surface area contributed by atoms with Gasteiger partial charge in [0, 0.05) is 18.1 Å². The van der Waals surface area contributed by atoms with Crippen molar-refractivity contribution in [2.75, 3.05) is 25.1 Å². The molecule has 1 aliphatic heterocycles. The Morgan fingerprint density at radius 3 is 2.86 bits per heavy atom.